The zero-order chi connectivity index (χ0) is 15.0. The van der Waals surface area contributed by atoms with Crippen molar-refractivity contribution < 1.29 is 13.2 Å². The first-order valence-electron chi connectivity index (χ1n) is 6.51. The molecule has 0 radical (unpaired) electrons. The van der Waals surface area contributed by atoms with Crippen molar-refractivity contribution in [3.8, 4) is 5.69 Å². The van der Waals surface area contributed by atoms with Crippen LogP contribution >= 0.6 is 0 Å². The van der Waals surface area contributed by atoms with Crippen LogP contribution in [0.2, 0.25) is 0 Å². The number of primary sulfonamides is 1. The highest BCUT2D eigenvalue weighted by Crippen LogP contribution is 2.29. The molecule has 1 amide bonds. The molecular weight excluding hydrogens is 290 g/mol. The summed E-state index contributed by atoms with van der Waals surface area (Å²) < 4.78 is 24.8. The average molecular weight is 305 g/mol. The van der Waals surface area contributed by atoms with Gasteiger partial charge < -0.3 is 9.47 Å². The second kappa shape index (κ2) is 5.01. The van der Waals surface area contributed by atoms with Crippen LogP contribution in [0.5, 0.6) is 0 Å². The van der Waals surface area contributed by atoms with Crippen molar-refractivity contribution in [2.45, 2.75) is 11.7 Å². The quantitative estimate of drug-likeness (QED) is 0.913. The molecule has 1 aliphatic heterocycles. The summed E-state index contributed by atoms with van der Waals surface area (Å²) in [7, 11) is -3.71. The van der Waals surface area contributed by atoms with Crippen molar-refractivity contribution in [1.82, 2.24) is 4.57 Å². The molecule has 7 heteroatoms. The Morgan fingerprint density at radius 2 is 1.67 bits per heavy atom. The van der Waals surface area contributed by atoms with Crippen molar-refractivity contribution in [3.05, 3.63) is 48.8 Å². The van der Waals surface area contributed by atoms with E-state index < -0.39 is 15.3 Å². The van der Waals surface area contributed by atoms with Gasteiger partial charge in [0.25, 0.3) is 0 Å². The molecule has 1 saturated heterocycles. The lowest BCUT2D eigenvalue weighted by Gasteiger charge is -2.20. The third kappa shape index (κ3) is 2.57. The minimum atomic E-state index is -3.71. The summed E-state index contributed by atoms with van der Waals surface area (Å²) >= 11 is 0. The molecule has 21 heavy (non-hydrogen) atoms. The highest BCUT2D eigenvalue weighted by molar-refractivity contribution is 7.89. The molecule has 0 saturated carbocycles. The van der Waals surface area contributed by atoms with E-state index in [1.54, 1.807) is 6.07 Å². The molecule has 1 unspecified atom stereocenters. The number of hydrogen-bond donors (Lipinski definition) is 1. The van der Waals surface area contributed by atoms with Crippen molar-refractivity contribution in [2.24, 2.45) is 5.14 Å². The van der Waals surface area contributed by atoms with E-state index in [1.165, 1.54) is 4.90 Å². The van der Waals surface area contributed by atoms with E-state index in [0.29, 0.717) is 5.69 Å². The molecule has 0 spiro atoms. The van der Waals surface area contributed by atoms with Gasteiger partial charge in [-0.2, -0.15) is 0 Å². The van der Waals surface area contributed by atoms with Crippen molar-refractivity contribution in [3.63, 3.8) is 0 Å². The summed E-state index contributed by atoms with van der Waals surface area (Å²) in [4.78, 5) is 13.6. The number of sulfonamides is 1. The lowest BCUT2D eigenvalue weighted by molar-refractivity contribution is -0.117. The number of aromatic nitrogens is 1. The third-order valence-corrected chi connectivity index (χ3v) is 4.85. The van der Waals surface area contributed by atoms with Crippen LogP contribution in [0, 0.1) is 0 Å². The van der Waals surface area contributed by atoms with E-state index in [1.807, 2.05) is 47.3 Å². The van der Waals surface area contributed by atoms with E-state index in [-0.39, 0.29) is 18.9 Å². The maximum atomic E-state index is 12.2. The number of nitrogens with two attached hydrogens (primary N) is 1. The molecule has 2 N–H and O–H groups in total. The minimum Gasteiger partial charge on any atom is -0.322 e. The molecule has 1 atom stereocenters. The van der Waals surface area contributed by atoms with E-state index in [9.17, 15) is 13.2 Å². The first kappa shape index (κ1) is 13.8. The van der Waals surface area contributed by atoms with Gasteiger partial charge in [0.1, 0.15) is 5.25 Å². The molecule has 2 aromatic rings. The number of hydrogen-bond acceptors (Lipinski definition) is 3. The fourth-order valence-electron chi connectivity index (χ4n) is 2.53. The lowest BCUT2D eigenvalue weighted by Crippen LogP contribution is -2.32. The van der Waals surface area contributed by atoms with Crippen LogP contribution in [0.4, 0.5) is 5.69 Å². The topological polar surface area (TPSA) is 85.4 Å². The van der Waals surface area contributed by atoms with Crippen LogP contribution in [0.15, 0.2) is 48.8 Å². The maximum Gasteiger partial charge on any atom is 0.228 e. The van der Waals surface area contributed by atoms with Gasteiger partial charge >= 0.3 is 0 Å². The normalized spacial score (nSPS) is 19.2. The predicted octanol–water partition coefficient (Wildman–Crippen LogP) is 0.871. The van der Waals surface area contributed by atoms with Crippen LogP contribution in [-0.2, 0) is 14.8 Å². The number of carbonyl (C=O) groups is 1. The molecule has 1 aromatic heterocycles. The lowest BCUT2D eigenvalue weighted by atomic mass is 10.2. The van der Waals surface area contributed by atoms with Crippen LogP contribution < -0.4 is 10.0 Å². The van der Waals surface area contributed by atoms with Gasteiger partial charge in [0, 0.05) is 25.4 Å². The average Bonchev–Trinajstić information content (AvgIpc) is 3.07. The van der Waals surface area contributed by atoms with E-state index in [0.717, 1.165) is 5.69 Å². The number of nitrogens with zero attached hydrogens (tertiary/aromatic N) is 2. The Hall–Kier alpha value is -2.12. The zero-order valence-electron chi connectivity index (χ0n) is 11.2. The molecule has 1 aromatic carbocycles. The SMILES string of the molecule is NS(=O)(=O)C1CC(=O)N(c2ccccc2-n2cccc2)C1. The van der Waals surface area contributed by atoms with Gasteiger partial charge in [0.2, 0.25) is 15.9 Å². The van der Waals surface area contributed by atoms with Gasteiger partial charge in [-0.25, -0.2) is 13.6 Å². The molecule has 2 heterocycles. The molecule has 110 valence electrons. The Balaban J connectivity index is 2.01. The van der Waals surface area contributed by atoms with Crippen LogP contribution in [-0.4, -0.2) is 30.7 Å². The monoisotopic (exact) mass is 305 g/mol. The van der Waals surface area contributed by atoms with Crippen LogP contribution in [0.1, 0.15) is 6.42 Å². The summed E-state index contributed by atoms with van der Waals surface area (Å²) in [5, 5.41) is 4.32. The molecule has 6 nitrogen and oxygen atoms in total. The number of amides is 1. The molecular formula is C14H15N3O3S. The Kier molecular flexibility index (Phi) is 3.30. The van der Waals surface area contributed by atoms with E-state index in [4.69, 9.17) is 5.14 Å². The number of rotatable bonds is 3. The Labute approximate surface area is 122 Å². The minimum absolute atomic E-state index is 0.0706. The Bertz CT molecular complexity index is 769. The molecule has 0 aliphatic carbocycles. The van der Waals surface area contributed by atoms with Gasteiger partial charge in [-0.1, -0.05) is 12.1 Å². The highest BCUT2D eigenvalue weighted by atomic mass is 32.2. The summed E-state index contributed by atoms with van der Waals surface area (Å²) in [5.41, 5.74) is 1.51. The molecule has 3 rings (SSSR count). The molecule has 0 bridgehead atoms. The highest BCUT2D eigenvalue weighted by Gasteiger charge is 2.37. The van der Waals surface area contributed by atoms with Gasteiger partial charge in [-0.05, 0) is 24.3 Å². The zero-order valence-corrected chi connectivity index (χ0v) is 12.0. The number of carbonyl (C=O) groups excluding carboxylic acids is 1. The van der Waals surface area contributed by atoms with Crippen LogP contribution in [0.3, 0.4) is 0 Å². The fourth-order valence-corrected chi connectivity index (χ4v) is 3.27. The van der Waals surface area contributed by atoms with Crippen LogP contribution in [0.25, 0.3) is 5.69 Å². The second-order valence-corrected chi connectivity index (χ2v) is 6.84. The third-order valence-electron chi connectivity index (χ3n) is 3.61. The van der Waals surface area contributed by atoms with Gasteiger partial charge in [0.15, 0.2) is 0 Å². The van der Waals surface area contributed by atoms with E-state index in [2.05, 4.69) is 0 Å². The van der Waals surface area contributed by atoms with Gasteiger partial charge in [0.05, 0.1) is 11.4 Å². The number of anilines is 1. The van der Waals surface area contributed by atoms with Crippen molar-refractivity contribution in [1.29, 1.82) is 0 Å². The summed E-state index contributed by atoms with van der Waals surface area (Å²) in [6.07, 6.45) is 3.67. The van der Waals surface area contributed by atoms with E-state index >= 15 is 0 Å². The maximum absolute atomic E-state index is 12.2. The summed E-state index contributed by atoms with van der Waals surface area (Å²) in [5.74, 6) is -0.228. The fraction of sp³-hybridized carbons (Fsp3) is 0.214. The van der Waals surface area contributed by atoms with Crippen molar-refractivity contribution in [2.75, 3.05) is 11.4 Å². The largest absolute Gasteiger partial charge is 0.322 e. The summed E-state index contributed by atoms with van der Waals surface area (Å²) in [6.45, 7) is 0.0932. The Morgan fingerprint density at radius 1 is 1.05 bits per heavy atom. The first-order valence-corrected chi connectivity index (χ1v) is 8.12. The number of benzene rings is 1. The molecule has 1 aliphatic rings. The predicted molar refractivity (Wildman–Crippen MR) is 79.6 cm³/mol. The van der Waals surface area contributed by atoms with Crippen molar-refractivity contribution >= 4 is 21.6 Å². The Morgan fingerprint density at radius 3 is 2.24 bits per heavy atom. The standard InChI is InChI=1S/C14H15N3O3S/c15-21(19,20)11-9-14(18)17(10-11)13-6-2-1-5-12(13)16-7-3-4-8-16/h1-8,11H,9-10H2,(H2,15,19,20). The first-order chi connectivity index (χ1) is 9.97. The number of para-hydroxylation sites is 2. The second-order valence-electron chi connectivity index (χ2n) is 5.00. The van der Waals surface area contributed by atoms with Gasteiger partial charge in [-0.15, -0.1) is 0 Å². The molecule has 1 fully saturated rings. The van der Waals surface area contributed by atoms with Gasteiger partial charge in [-0.3, -0.25) is 4.79 Å². The smallest absolute Gasteiger partial charge is 0.228 e. The summed E-state index contributed by atoms with van der Waals surface area (Å²) in [6, 6.07) is 11.1.